The number of carbonyl (C=O) groups is 1. The van der Waals surface area contributed by atoms with Crippen LogP contribution in [0.4, 0.5) is 4.39 Å². The lowest BCUT2D eigenvalue weighted by Gasteiger charge is -2.22. The molecule has 0 saturated heterocycles. The highest BCUT2D eigenvalue weighted by Gasteiger charge is 2.33. The minimum absolute atomic E-state index is 0.0422. The van der Waals surface area contributed by atoms with E-state index >= 15 is 0 Å². The number of rotatable bonds is 4. The quantitative estimate of drug-likeness (QED) is 0.762. The van der Waals surface area contributed by atoms with Gasteiger partial charge in [0.05, 0.1) is 8.66 Å². The number of aryl methyl sites for hydroxylation is 1. The predicted molar refractivity (Wildman–Crippen MR) is 86.1 cm³/mol. The third-order valence-electron chi connectivity index (χ3n) is 3.56. The summed E-state index contributed by atoms with van der Waals surface area (Å²) in [6.07, 6.45) is 2.07. The monoisotopic (exact) mass is 367 g/mol. The summed E-state index contributed by atoms with van der Waals surface area (Å²) in [7, 11) is 0. The molecule has 0 spiro atoms. The van der Waals surface area contributed by atoms with E-state index in [1.165, 1.54) is 23.5 Å². The van der Waals surface area contributed by atoms with Gasteiger partial charge in [0.15, 0.2) is 0 Å². The van der Waals surface area contributed by atoms with Gasteiger partial charge in [0.2, 0.25) is 0 Å². The van der Waals surface area contributed by atoms with Gasteiger partial charge >= 0.3 is 0 Å². The van der Waals surface area contributed by atoms with Crippen LogP contribution in [0.2, 0.25) is 0 Å². The molecule has 1 saturated carbocycles. The molecule has 21 heavy (non-hydrogen) atoms. The maximum Gasteiger partial charge on any atom is 0.264 e. The minimum atomic E-state index is -0.259. The third kappa shape index (κ3) is 3.35. The van der Waals surface area contributed by atoms with Crippen LogP contribution in [0.5, 0.6) is 0 Å². The summed E-state index contributed by atoms with van der Waals surface area (Å²) in [6.45, 7) is 2.45. The normalized spacial score (nSPS) is 14.2. The van der Waals surface area contributed by atoms with E-state index in [9.17, 15) is 9.18 Å². The molecule has 0 aliphatic heterocycles. The van der Waals surface area contributed by atoms with Crippen LogP contribution in [0.25, 0.3) is 0 Å². The van der Waals surface area contributed by atoms with Crippen molar-refractivity contribution in [2.45, 2.75) is 32.4 Å². The smallest absolute Gasteiger partial charge is 0.264 e. The molecule has 0 bridgehead atoms. The van der Waals surface area contributed by atoms with E-state index < -0.39 is 0 Å². The van der Waals surface area contributed by atoms with E-state index in [0.29, 0.717) is 12.6 Å². The molecule has 110 valence electrons. The maximum absolute atomic E-state index is 13.3. The molecule has 1 fully saturated rings. The highest BCUT2D eigenvalue weighted by Crippen LogP contribution is 2.33. The summed E-state index contributed by atoms with van der Waals surface area (Å²) in [5.41, 5.74) is 1.91. The fraction of sp³-hybridized carbons (Fsp3) is 0.312. The van der Waals surface area contributed by atoms with E-state index in [4.69, 9.17) is 0 Å². The van der Waals surface area contributed by atoms with Crippen molar-refractivity contribution in [1.29, 1.82) is 0 Å². The van der Waals surface area contributed by atoms with Gasteiger partial charge in [-0.3, -0.25) is 4.79 Å². The Hall–Kier alpha value is -1.20. The zero-order chi connectivity index (χ0) is 15.0. The van der Waals surface area contributed by atoms with Crippen LogP contribution in [0.15, 0.2) is 34.1 Å². The summed E-state index contributed by atoms with van der Waals surface area (Å²) in [5.74, 6) is -0.217. The Bertz CT molecular complexity index is 661. The van der Waals surface area contributed by atoms with Crippen molar-refractivity contribution >= 4 is 33.2 Å². The van der Waals surface area contributed by atoms with Gasteiger partial charge in [-0.1, -0.05) is 12.1 Å². The van der Waals surface area contributed by atoms with Gasteiger partial charge in [0.25, 0.3) is 5.91 Å². The molecule has 2 aromatic rings. The molecule has 0 radical (unpaired) electrons. The Labute approximate surface area is 135 Å². The molecule has 5 heteroatoms. The average Bonchev–Trinajstić information content (AvgIpc) is 3.22. The number of halogens is 2. The van der Waals surface area contributed by atoms with Gasteiger partial charge in [-0.2, -0.15) is 0 Å². The van der Waals surface area contributed by atoms with Crippen molar-refractivity contribution in [3.05, 3.63) is 55.9 Å². The Kier molecular flexibility index (Phi) is 4.13. The minimum Gasteiger partial charge on any atom is -0.331 e. The largest absolute Gasteiger partial charge is 0.331 e. The molecular formula is C16H15BrFNOS. The van der Waals surface area contributed by atoms with Crippen LogP contribution in [-0.4, -0.2) is 16.8 Å². The topological polar surface area (TPSA) is 20.3 Å². The summed E-state index contributed by atoms with van der Waals surface area (Å²) in [6, 6.07) is 8.68. The molecule has 0 unspecified atom stereocenters. The number of thiophene rings is 1. The van der Waals surface area contributed by atoms with Crippen molar-refractivity contribution in [3.63, 3.8) is 0 Å². The molecule has 1 amide bonds. The van der Waals surface area contributed by atoms with Gasteiger partial charge in [-0.25, -0.2) is 4.39 Å². The summed E-state index contributed by atoms with van der Waals surface area (Å²) < 4.78 is 14.3. The summed E-state index contributed by atoms with van der Waals surface area (Å²) >= 11 is 4.92. The second kappa shape index (κ2) is 5.89. The molecule has 1 heterocycles. The highest BCUT2D eigenvalue weighted by atomic mass is 79.9. The van der Waals surface area contributed by atoms with Gasteiger partial charge in [-0.15, -0.1) is 11.3 Å². The van der Waals surface area contributed by atoms with Crippen molar-refractivity contribution in [2.24, 2.45) is 0 Å². The zero-order valence-electron chi connectivity index (χ0n) is 11.6. The lowest BCUT2D eigenvalue weighted by Crippen LogP contribution is -2.32. The number of hydrogen-bond donors (Lipinski definition) is 0. The molecule has 1 aliphatic rings. The molecule has 3 rings (SSSR count). The molecule has 1 aromatic carbocycles. The Balaban J connectivity index is 1.83. The number of benzene rings is 1. The second-order valence-electron chi connectivity index (χ2n) is 5.36. The number of nitrogens with zero attached hydrogens (tertiary/aromatic N) is 1. The predicted octanol–water partition coefficient (Wildman–Crippen LogP) is 4.76. The fourth-order valence-corrected chi connectivity index (χ4v) is 3.78. The third-order valence-corrected chi connectivity index (χ3v) is 5.68. The van der Waals surface area contributed by atoms with Crippen LogP contribution >= 0.6 is 27.3 Å². The molecule has 0 atom stereocenters. The lowest BCUT2D eigenvalue weighted by atomic mass is 10.2. The van der Waals surface area contributed by atoms with Crippen LogP contribution < -0.4 is 0 Å². The average molecular weight is 368 g/mol. The van der Waals surface area contributed by atoms with Gasteiger partial charge in [0.1, 0.15) is 5.82 Å². The maximum atomic E-state index is 13.3. The number of amides is 1. The van der Waals surface area contributed by atoms with Crippen LogP contribution in [0.3, 0.4) is 0 Å². The van der Waals surface area contributed by atoms with E-state index in [2.05, 4.69) is 15.9 Å². The molecule has 1 aromatic heterocycles. The first-order valence-corrected chi connectivity index (χ1v) is 8.47. The van der Waals surface area contributed by atoms with Crippen molar-refractivity contribution in [1.82, 2.24) is 4.90 Å². The standard InChI is InChI=1S/C16H15BrFNOS/c1-10-7-14(21-15(10)17)16(20)19(13-5-6-13)9-11-3-2-4-12(18)8-11/h2-4,7-8,13H,5-6,9H2,1H3. The van der Waals surface area contributed by atoms with Crippen molar-refractivity contribution in [2.75, 3.05) is 0 Å². The van der Waals surface area contributed by atoms with E-state index in [-0.39, 0.29) is 11.7 Å². The van der Waals surface area contributed by atoms with Gasteiger partial charge < -0.3 is 4.90 Å². The molecule has 1 aliphatic carbocycles. The SMILES string of the molecule is Cc1cc(C(=O)N(Cc2cccc(F)c2)C2CC2)sc1Br. The van der Waals surface area contributed by atoms with Gasteiger partial charge in [-0.05, 0) is 65.0 Å². The Morgan fingerprint density at radius 1 is 1.43 bits per heavy atom. The van der Waals surface area contributed by atoms with Crippen LogP contribution in [0, 0.1) is 12.7 Å². The van der Waals surface area contributed by atoms with E-state index in [0.717, 1.165) is 32.6 Å². The second-order valence-corrected chi connectivity index (χ2v) is 7.73. The van der Waals surface area contributed by atoms with Crippen molar-refractivity contribution in [3.8, 4) is 0 Å². The fourth-order valence-electron chi connectivity index (χ4n) is 2.29. The first-order chi connectivity index (χ1) is 10.0. The lowest BCUT2D eigenvalue weighted by molar-refractivity contribution is 0.0734. The van der Waals surface area contributed by atoms with Crippen LogP contribution in [0.1, 0.15) is 33.6 Å². The first-order valence-electron chi connectivity index (χ1n) is 6.86. The Morgan fingerprint density at radius 2 is 2.19 bits per heavy atom. The number of carbonyl (C=O) groups excluding carboxylic acids is 1. The highest BCUT2D eigenvalue weighted by molar-refractivity contribution is 9.11. The molecular weight excluding hydrogens is 353 g/mol. The van der Waals surface area contributed by atoms with Crippen LogP contribution in [-0.2, 0) is 6.54 Å². The van der Waals surface area contributed by atoms with E-state index in [1.807, 2.05) is 24.0 Å². The van der Waals surface area contributed by atoms with E-state index in [1.54, 1.807) is 6.07 Å². The Morgan fingerprint density at radius 3 is 2.76 bits per heavy atom. The zero-order valence-corrected chi connectivity index (χ0v) is 14.0. The number of hydrogen-bond acceptors (Lipinski definition) is 2. The molecule has 2 nitrogen and oxygen atoms in total. The molecule has 0 N–H and O–H groups in total. The van der Waals surface area contributed by atoms with Crippen molar-refractivity contribution < 1.29 is 9.18 Å². The first kappa shape index (κ1) is 14.7. The summed E-state index contributed by atoms with van der Waals surface area (Å²) in [4.78, 5) is 15.3. The van der Waals surface area contributed by atoms with Gasteiger partial charge in [0, 0.05) is 12.6 Å². The summed E-state index contributed by atoms with van der Waals surface area (Å²) in [5, 5.41) is 0.